The number of ether oxygens (including phenoxy) is 3. The summed E-state index contributed by atoms with van der Waals surface area (Å²) in [6.07, 6.45) is 1.78. The number of thioether (sulfide) groups is 1. The summed E-state index contributed by atoms with van der Waals surface area (Å²) in [4.78, 5) is 15.1. The van der Waals surface area contributed by atoms with E-state index in [0.717, 1.165) is 11.1 Å². The van der Waals surface area contributed by atoms with Gasteiger partial charge in [-0.15, -0.1) is 0 Å². The van der Waals surface area contributed by atoms with Crippen molar-refractivity contribution in [2.75, 3.05) is 19.1 Å². The summed E-state index contributed by atoms with van der Waals surface area (Å²) in [5.41, 5.74) is 2.28. The van der Waals surface area contributed by atoms with Gasteiger partial charge in [0.15, 0.2) is 15.8 Å². The molecule has 0 atom stereocenters. The van der Waals surface area contributed by atoms with Gasteiger partial charge in [-0.2, -0.15) is 0 Å². The molecule has 0 saturated carbocycles. The molecule has 9 heteroatoms. The number of hydrogen-bond acceptors (Lipinski definition) is 6. The van der Waals surface area contributed by atoms with Crippen molar-refractivity contribution in [1.82, 2.24) is 0 Å². The fraction of sp³-hybridized carbons (Fsp3) is 0.120. The Bertz CT molecular complexity index is 1280. The van der Waals surface area contributed by atoms with Crippen molar-refractivity contribution in [3.05, 3.63) is 86.7 Å². The van der Waals surface area contributed by atoms with Gasteiger partial charge in [-0.1, -0.05) is 59.3 Å². The van der Waals surface area contributed by atoms with Gasteiger partial charge in [-0.25, -0.2) is 0 Å². The van der Waals surface area contributed by atoms with Crippen molar-refractivity contribution >= 4 is 69.2 Å². The van der Waals surface area contributed by atoms with E-state index in [0.29, 0.717) is 42.2 Å². The third-order valence-corrected chi connectivity index (χ3v) is 6.90. The zero-order valence-corrected chi connectivity index (χ0v) is 21.4. The molecule has 3 aromatic rings. The maximum Gasteiger partial charge on any atom is 0.270 e. The summed E-state index contributed by atoms with van der Waals surface area (Å²) >= 11 is 18.9. The second kappa shape index (κ2) is 10.7. The molecule has 0 spiro atoms. The molecule has 1 heterocycles. The van der Waals surface area contributed by atoms with Crippen LogP contribution in [0.3, 0.4) is 0 Å². The minimum atomic E-state index is -0.183. The van der Waals surface area contributed by atoms with Crippen LogP contribution < -0.4 is 19.1 Å². The lowest BCUT2D eigenvalue weighted by Crippen LogP contribution is -2.27. The highest BCUT2D eigenvalue weighted by molar-refractivity contribution is 8.27. The summed E-state index contributed by atoms with van der Waals surface area (Å²) in [7, 11) is 3.15. The van der Waals surface area contributed by atoms with E-state index in [2.05, 4.69) is 0 Å². The van der Waals surface area contributed by atoms with Crippen LogP contribution in [0.1, 0.15) is 11.1 Å². The van der Waals surface area contributed by atoms with E-state index < -0.39 is 0 Å². The number of rotatable bonds is 7. The van der Waals surface area contributed by atoms with Crippen LogP contribution in [0.5, 0.6) is 17.2 Å². The number of carbonyl (C=O) groups excluding carboxylic acids is 1. The van der Waals surface area contributed by atoms with E-state index in [9.17, 15) is 4.79 Å². The Morgan fingerprint density at radius 2 is 1.74 bits per heavy atom. The maximum absolute atomic E-state index is 13.1. The molecule has 1 fully saturated rings. The first kappa shape index (κ1) is 24.4. The van der Waals surface area contributed by atoms with Gasteiger partial charge in [0.05, 0.1) is 24.8 Å². The zero-order valence-electron chi connectivity index (χ0n) is 18.2. The fourth-order valence-corrected chi connectivity index (χ4v) is 5.02. The predicted molar refractivity (Wildman–Crippen MR) is 142 cm³/mol. The van der Waals surface area contributed by atoms with Gasteiger partial charge in [0.2, 0.25) is 0 Å². The average Bonchev–Trinajstić information content (AvgIpc) is 3.11. The third kappa shape index (κ3) is 5.33. The molecule has 3 aromatic carbocycles. The number of anilines is 1. The second-order valence-corrected chi connectivity index (χ2v) is 9.67. The molecule has 174 valence electrons. The number of thiocarbonyl (C=S) groups is 1. The van der Waals surface area contributed by atoms with Gasteiger partial charge in [0.1, 0.15) is 12.4 Å². The van der Waals surface area contributed by atoms with Gasteiger partial charge in [-0.05, 0) is 60.2 Å². The monoisotopic (exact) mass is 531 g/mol. The van der Waals surface area contributed by atoms with Crippen LogP contribution in [0, 0.1) is 0 Å². The minimum absolute atomic E-state index is 0.183. The number of halogens is 2. The first-order chi connectivity index (χ1) is 16.4. The molecule has 0 radical (unpaired) electrons. The predicted octanol–water partition coefficient (Wildman–Crippen LogP) is 7.00. The largest absolute Gasteiger partial charge is 0.497 e. The maximum atomic E-state index is 13.1. The molecular weight excluding hydrogens is 513 g/mol. The molecule has 0 aliphatic carbocycles. The van der Waals surface area contributed by atoms with Crippen molar-refractivity contribution in [3.8, 4) is 17.2 Å². The standard InChI is InChI=1S/C25H19Cl2NO4S2/c1-30-19-8-6-18(7-9-19)28-24(29)23(34-25(28)33)12-15-3-10-21(22(11-15)31-2)32-14-16-4-5-17(26)13-20(16)27/h3-13H,14H2,1-2H3/b23-12+. The van der Waals surface area contributed by atoms with E-state index in [1.165, 1.54) is 16.7 Å². The quantitative estimate of drug-likeness (QED) is 0.241. The number of amides is 1. The van der Waals surface area contributed by atoms with Crippen LogP contribution in [0.2, 0.25) is 10.0 Å². The second-order valence-electron chi connectivity index (χ2n) is 7.15. The van der Waals surface area contributed by atoms with Crippen molar-refractivity contribution < 1.29 is 19.0 Å². The smallest absolute Gasteiger partial charge is 0.270 e. The Labute approximate surface area is 217 Å². The van der Waals surface area contributed by atoms with Crippen molar-refractivity contribution in [1.29, 1.82) is 0 Å². The molecule has 1 amide bonds. The molecule has 4 rings (SSSR count). The number of benzene rings is 3. The van der Waals surface area contributed by atoms with Crippen LogP contribution in [-0.2, 0) is 11.4 Å². The number of hydrogen-bond donors (Lipinski definition) is 0. The third-order valence-electron chi connectivity index (χ3n) is 5.01. The van der Waals surface area contributed by atoms with E-state index in [1.54, 1.807) is 68.8 Å². The molecule has 5 nitrogen and oxygen atoms in total. The van der Waals surface area contributed by atoms with Crippen molar-refractivity contribution in [2.24, 2.45) is 0 Å². The van der Waals surface area contributed by atoms with Crippen LogP contribution in [0.25, 0.3) is 6.08 Å². The fourth-order valence-electron chi connectivity index (χ4n) is 3.26. The van der Waals surface area contributed by atoms with Gasteiger partial charge in [0, 0.05) is 15.6 Å². The van der Waals surface area contributed by atoms with Gasteiger partial charge >= 0.3 is 0 Å². The normalized spacial score (nSPS) is 14.6. The lowest BCUT2D eigenvalue weighted by atomic mass is 10.1. The Morgan fingerprint density at radius 3 is 2.41 bits per heavy atom. The summed E-state index contributed by atoms with van der Waals surface area (Å²) in [6, 6.07) is 17.9. The topological polar surface area (TPSA) is 48.0 Å². The van der Waals surface area contributed by atoms with E-state index in [4.69, 9.17) is 49.6 Å². The van der Waals surface area contributed by atoms with Gasteiger partial charge in [-0.3, -0.25) is 9.69 Å². The molecule has 0 aromatic heterocycles. The van der Waals surface area contributed by atoms with Crippen LogP contribution in [0.15, 0.2) is 65.6 Å². The summed E-state index contributed by atoms with van der Waals surface area (Å²) in [5.74, 6) is 1.61. The molecule has 0 unspecified atom stereocenters. The van der Waals surface area contributed by atoms with Crippen LogP contribution >= 0.6 is 47.2 Å². The SMILES string of the molecule is COc1ccc(N2C(=O)/C(=C\c3ccc(OCc4ccc(Cl)cc4Cl)c(OC)c3)SC2=S)cc1. The Balaban J connectivity index is 1.52. The van der Waals surface area contributed by atoms with Crippen molar-refractivity contribution in [2.45, 2.75) is 6.61 Å². The molecule has 1 aliphatic heterocycles. The number of nitrogens with zero attached hydrogens (tertiary/aromatic N) is 1. The van der Waals surface area contributed by atoms with E-state index >= 15 is 0 Å². The molecule has 1 saturated heterocycles. The number of carbonyl (C=O) groups is 1. The Hall–Kier alpha value is -2.71. The highest BCUT2D eigenvalue weighted by Gasteiger charge is 2.33. The summed E-state index contributed by atoms with van der Waals surface area (Å²) in [5, 5.41) is 1.09. The van der Waals surface area contributed by atoms with E-state index in [-0.39, 0.29) is 12.5 Å². The first-order valence-electron chi connectivity index (χ1n) is 10.1. The lowest BCUT2D eigenvalue weighted by Gasteiger charge is -2.14. The number of methoxy groups -OCH3 is 2. The van der Waals surface area contributed by atoms with E-state index in [1.807, 2.05) is 12.1 Å². The Morgan fingerprint density at radius 1 is 0.971 bits per heavy atom. The summed E-state index contributed by atoms with van der Waals surface area (Å²) < 4.78 is 17.1. The van der Waals surface area contributed by atoms with Crippen LogP contribution in [-0.4, -0.2) is 24.4 Å². The molecular formula is C25H19Cl2NO4S2. The van der Waals surface area contributed by atoms with Gasteiger partial charge in [0.25, 0.3) is 5.91 Å². The molecule has 0 bridgehead atoms. The van der Waals surface area contributed by atoms with Crippen LogP contribution in [0.4, 0.5) is 5.69 Å². The Kier molecular flexibility index (Phi) is 7.68. The molecule has 34 heavy (non-hydrogen) atoms. The highest BCUT2D eigenvalue weighted by Crippen LogP contribution is 2.38. The average molecular weight is 532 g/mol. The zero-order chi connectivity index (χ0) is 24.2. The van der Waals surface area contributed by atoms with Gasteiger partial charge < -0.3 is 14.2 Å². The summed E-state index contributed by atoms with van der Waals surface area (Å²) in [6.45, 7) is 0.256. The minimum Gasteiger partial charge on any atom is -0.497 e. The lowest BCUT2D eigenvalue weighted by molar-refractivity contribution is -0.113. The molecule has 0 N–H and O–H groups in total. The first-order valence-corrected chi connectivity index (χ1v) is 12.0. The molecule has 1 aliphatic rings. The van der Waals surface area contributed by atoms with Crippen molar-refractivity contribution in [3.63, 3.8) is 0 Å². The highest BCUT2D eigenvalue weighted by atomic mass is 35.5.